The van der Waals surface area contributed by atoms with E-state index in [1.807, 2.05) is 0 Å². The number of nitrogens with one attached hydrogen (secondary N) is 1. The number of aryl methyl sites for hydroxylation is 3. The van der Waals surface area contributed by atoms with Crippen molar-refractivity contribution in [3.63, 3.8) is 0 Å². The summed E-state index contributed by atoms with van der Waals surface area (Å²) in [5.74, 6) is -0.784. The summed E-state index contributed by atoms with van der Waals surface area (Å²) in [7, 11) is 1.45. The van der Waals surface area contributed by atoms with Gasteiger partial charge in [-0.1, -0.05) is 11.6 Å². The van der Waals surface area contributed by atoms with Crippen molar-refractivity contribution in [3.8, 4) is 5.75 Å². The van der Waals surface area contributed by atoms with E-state index in [1.165, 1.54) is 27.0 Å². The largest absolute Gasteiger partial charge is 0.495 e. The van der Waals surface area contributed by atoms with Crippen molar-refractivity contribution in [1.82, 2.24) is 0 Å². The van der Waals surface area contributed by atoms with Crippen LogP contribution in [0.3, 0.4) is 0 Å². The molecule has 7 nitrogen and oxygen atoms in total. The van der Waals surface area contributed by atoms with Gasteiger partial charge in [-0.05, 0) is 44.9 Å². The Morgan fingerprint density at radius 2 is 1.81 bits per heavy atom. The number of carbonyl (C=O) groups is 2. The van der Waals surface area contributed by atoms with Crippen LogP contribution in [-0.4, -0.2) is 25.1 Å². The van der Waals surface area contributed by atoms with E-state index in [9.17, 15) is 14.4 Å². The maximum absolute atomic E-state index is 12.4. The third-order valence-electron chi connectivity index (χ3n) is 3.93. The Balaban J connectivity index is 2.16. The van der Waals surface area contributed by atoms with Crippen molar-refractivity contribution in [2.45, 2.75) is 33.8 Å². The minimum absolute atomic E-state index is 0.120. The average Bonchev–Trinajstić information content (AvgIpc) is 2.56. The van der Waals surface area contributed by atoms with Crippen molar-refractivity contribution < 1.29 is 23.5 Å². The van der Waals surface area contributed by atoms with Gasteiger partial charge in [0, 0.05) is 17.2 Å². The molecule has 2 rings (SSSR count). The zero-order valence-electron chi connectivity index (χ0n) is 15.6. The number of rotatable bonds is 5. The summed E-state index contributed by atoms with van der Waals surface area (Å²) in [5, 5.41) is 3.15. The minimum Gasteiger partial charge on any atom is -0.495 e. The molecule has 0 saturated heterocycles. The molecule has 2 aromatic rings. The smallest absolute Gasteiger partial charge is 0.342 e. The Morgan fingerprint density at radius 3 is 2.41 bits per heavy atom. The molecule has 1 amide bonds. The highest BCUT2D eigenvalue weighted by molar-refractivity contribution is 6.31. The molecule has 1 atom stereocenters. The first kappa shape index (κ1) is 20.5. The molecule has 1 heterocycles. The number of halogens is 1. The highest BCUT2D eigenvalue weighted by Gasteiger charge is 2.23. The monoisotopic (exact) mass is 393 g/mol. The van der Waals surface area contributed by atoms with Gasteiger partial charge in [-0.15, -0.1) is 0 Å². The lowest BCUT2D eigenvalue weighted by Gasteiger charge is -2.17. The average molecular weight is 394 g/mol. The zero-order chi connectivity index (χ0) is 20.3. The van der Waals surface area contributed by atoms with E-state index in [4.69, 9.17) is 25.5 Å². The second-order valence-electron chi connectivity index (χ2n) is 6.02. The maximum Gasteiger partial charge on any atom is 0.342 e. The van der Waals surface area contributed by atoms with Crippen LogP contribution in [0.2, 0.25) is 5.02 Å². The molecule has 27 heavy (non-hydrogen) atoms. The molecule has 0 aliphatic carbocycles. The number of methoxy groups -OCH3 is 1. The lowest BCUT2D eigenvalue weighted by Crippen LogP contribution is -2.30. The van der Waals surface area contributed by atoms with E-state index >= 15 is 0 Å². The summed E-state index contributed by atoms with van der Waals surface area (Å²) in [6.45, 7) is 6.30. The molecule has 0 spiro atoms. The number of anilines is 1. The number of ether oxygens (including phenoxy) is 2. The van der Waals surface area contributed by atoms with Crippen molar-refractivity contribution in [3.05, 3.63) is 56.1 Å². The Kier molecular flexibility index (Phi) is 6.28. The zero-order valence-corrected chi connectivity index (χ0v) is 16.4. The third kappa shape index (κ3) is 4.68. The van der Waals surface area contributed by atoms with Gasteiger partial charge in [0.1, 0.15) is 17.1 Å². The Bertz CT molecular complexity index is 924. The van der Waals surface area contributed by atoms with Crippen molar-refractivity contribution in [2.24, 2.45) is 0 Å². The van der Waals surface area contributed by atoms with Crippen LogP contribution in [-0.2, 0) is 9.53 Å². The van der Waals surface area contributed by atoms with Gasteiger partial charge in [-0.2, -0.15) is 0 Å². The fourth-order valence-corrected chi connectivity index (χ4v) is 2.65. The fraction of sp³-hybridized carbons (Fsp3) is 0.316. The van der Waals surface area contributed by atoms with Crippen LogP contribution in [0.5, 0.6) is 5.75 Å². The van der Waals surface area contributed by atoms with Gasteiger partial charge in [0.15, 0.2) is 6.10 Å². The maximum atomic E-state index is 12.4. The van der Waals surface area contributed by atoms with Gasteiger partial charge < -0.3 is 19.2 Å². The Morgan fingerprint density at radius 1 is 1.15 bits per heavy atom. The molecule has 0 aliphatic heterocycles. The van der Waals surface area contributed by atoms with Gasteiger partial charge in [0.2, 0.25) is 0 Å². The fourth-order valence-electron chi connectivity index (χ4n) is 2.50. The predicted molar refractivity (Wildman–Crippen MR) is 101 cm³/mol. The summed E-state index contributed by atoms with van der Waals surface area (Å²) >= 11 is 6.05. The van der Waals surface area contributed by atoms with Crippen LogP contribution in [0.1, 0.15) is 34.2 Å². The van der Waals surface area contributed by atoms with Crippen LogP contribution in [0.4, 0.5) is 5.69 Å². The lowest BCUT2D eigenvalue weighted by atomic mass is 10.1. The van der Waals surface area contributed by atoms with Crippen LogP contribution in [0, 0.1) is 20.8 Å². The molecule has 0 aliphatic rings. The predicted octanol–water partition coefficient (Wildman–Crippen LogP) is 3.41. The molecule has 1 aromatic carbocycles. The third-order valence-corrected chi connectivity index (χ3v) is 4.34. The van der Waals surface area contributed by atoms with E-state index in [0.29, 0.717) is 22.0 Å². The van der Waals surface area contributed by atoms with E-state index in [2.05, 4.69) is 5.32 Å². The molecule has 0 radical (unpaired) electrons. The van der Waals surface area contributed by atoms with Crippen molar-refractivity contribution in [1.29, 1.82) is 0 Å². The molecule has 1 unspecified atom stereocenters. The highest BCUT2D eigenvalue weighted by Crippen LogP contribution is 2.31. The quantitative estimate of drug-likeness (QED) is 0.782. The summed E-state index contributed by atoms with van der Waals surface area (Å²) in [6.07, 6.45) is -1.09. The number of hydrogen-bond acceptors (Lipinski definition) is 6. The van der Waals surface area contributed by atoms with Gasteiger partial charge in [0.05, 0.1) is 12.8 Å². The first-order valence-corrected chi connectivity index (χ1v) is 8.49. The lowest BCUT2D eigenvalue weighted by molar-refractivity contribution is -0.123. The molecule has 8 heteroatoms. The van der Waals surface area contributed by atoms with E-state index in [-0.39, 0.29) is 11.3 Å². The highest BCUT2D eigenvalue weighted by atomic mass is 35.5. The van der Waals surface area contributed by atoms with E-state index in [0.717, 1.165) is 5.56 Å². The number of esters is 1. The van der Waals surface area contributed by atoms with Gasteiger partial charge in [-0.3, -0.25) is 4.79 Å². The molecule has 1 aromatic heterocycles. The molecule has 1 N–H and O–H groups in total. The van der Waals surface area contributed by atoms with Crippen LogP contribution in [0.25, 0.3) is 0 Å². The molecular formula is C19H20ClNO6. The summed E-state index contributed by atoms with van der Waals surface area (Å²) in [5.41, 5.74) is 1.14. The Hall–Kier alpha value is -2.80. The summed E-state index contributed by atoms with van der Waals surface area (Å²) in [4.78, 5) is 36.1. The van der Waals surface area contributed by atoms with Crippen molar-refractivity contribution in [2.75, 3.05) is 12.4 Å². The van der Waals surface area contributed by atoms with E-state index < -0.39 is 23.6 Å². The number of amides is 1. The number of benzene rings is 1. The van der Waals surface area contributed by atoms with Gasteiger partial charge in [-0.25, -0.2) is 9.59 Å². The van der Waals surface area contributed by atoms with E-state index in [1.54, 1.807) is 26.0 Å². The molecule has 0 fully saturated rings. The van der Waals surface area contributed by atoms with Crippen LogP contribution < -0.4 is 15.7 Å². The van der Waals surface area contributed by atoms with Crippen LogP contribution >= 0.6 is 11.6 Å². The topological polar surface area (TPSA) is 94.8 Å². The first-order chi connectivity index (χ1) is 12.6. The summed E-state index contributed by atoms with van der Waals surface area (Å²) in [6, 6.07) is 4.44. The second kappa shape index (κ2) is 8.26. The first-order valence-electron chi connectivity index (χ1n) is 8.11. The molecule has 144 valence electrons. The minimum atomic E-state index is -1.09. The second-order valence-corrected chi connectivity index (χ2v) is 6.43. The normalized spacial score (nSPS) is 11.6. The molecule has 0 bridgehead atoms. The van der Waals surface area contributed by atoms with Gasteiger partial charge in [0.25, 0.3) is 5.91 Å². The number of carbonyl (C=O) groups excluding carboxylic acids is 2. The standard InChI is InChI=1S/C19H20ClNO6/c1-9-6-14(15(25-5)8-13(9)20)21-18(23)12(4)27-19(24)17-10(2)7-16(22)26-11(17)3/h6-8,12H,1-5H3,(H,21,23). The molecular weight excluding hydrogens is 374 g/mol. The SMILES string of the molecule is COc1cc(Cl)c(C)cc1NC(=O)C(C)OC(=O)c1c(C)cc(=O)oc1C. The molecule has 0 saturated carbocycles. The van der Waals surface area contributed by atoms with Crippen LogP contribution in [0.15, 0.2) is 27.4 Å². The Labute approximate surface area is 161 Å². The summed E-state index contributed by atoms with van der Waals surface area (Å²) < 4.78 is 15.3. The number of hydrogen-bond donors (Lipinski definition) is 1. The van der Waals surface area contributed by atoms with Crippen molar-refractivity contribution >= 4 is 29.2 Å². The van der Waals surface area contributed by atoms with Gasteiger partial charge >= 0.3 is 11.6 Å².